The number of rotatable bonds is 3. The Morgan fingerprint density at radius 3 is 2.56 bits per heavy atom. The third-order valence-corrected chi connectivity index (χ3v) is 0.889. The van der Waals surface area contributed by atoms with Gasteiger partial charge in [0.15, 0.2) is 0 Å². The molecule has 0 atom stereocenters. The summed E-state index contributed by atoms with van der Waals surface area (Å²) in [6, 6.07) is 0. The lowest BCUT2D eigenvalue weighted by Gasteiger charge is -2.14. The zero-order valence-corrected chi connectivity index (χ0v) is 6.22. The van der Waals surface area contributed by atoms with Gasteiger partial charge in [-0.2, -0.15) is 0 Å². The maximum atomic E-state index is 4.96. The fourth-order valence-electron chi connectivity index (χ4n) is 0.342. The van der Waals surface area contributed by atoms with Crippen molar-refractivity contribution >= 4 is 6.21 Å². The van der Waals surface area contributed by atoms with E-state index in [0.717, 1.165) is 6.54 Å². The second-order valence-electron chi connectivity index (χ2n) is 2.35. The standard InChI is InChI=1S/C6H14N2O/c1-4-8-5-6(2,3)9-7/h5H,4,7H2,1-3H3. The van der Waals surface area contributed by atoms with E-state index >= 15 is 0 Å². The van der Waals surface area contributed by atoms with Gasteiger partial charge in [-0.25, -0.2) is 5.90 Å². The van der Waals surface area contributed by atoms with Crippen LogP contribution in [0.2, 0.25) is 0 Å². The Bertz CT molecular complexity index is 99.2. The van der Waals surface area contributed by atoms with E-state index in [2.05, 4.69) is 9.83 Å². The van der Waals surface area contributed by atoms with Gasteiger partial charge in [-0.05, 0) is 20.8 Å². The lowest BCUT2D eigenvalue weighted by atomic mass is 10.2. The summed E-state index contributed by atoms with van der Waals surface area (Å²) in [5.41, 5.74) is -0.421. The van der Waals surface area contributed by atoms with Crippen molar-refractivity contribution in [3.05, 3.63) is 0 Å². The molecule has 3 nitrogen and oxygen atoms in total. The zero-order valence-electron chi connectivity index (χ0n) is 6.22. The van der Waals surface area contributed by atoms with Crippen LogP contribution in [0.15, 0.2) is 4.99 Å². The smallest absolute Gasteiger partial charge is 0.118 e. The van der Waals surface area contributed by atoms with Crippen LogP contribution in [0.3, 0.4) is 0 Å². The van der Waals surface area contributed by atoms with E-state index in [1.54, 1.807) is 6.21 Å². The molecule has 0 radical (unpaired) electrons. The molecule has 0 heterocycles. The first kappa shape index (κ1) is 8.59. The highest BCUT2D eigenvalue weighted by Crippen LogP contribution is 2.00. The van der Waals surface area contributed by atoms with Crippen molar-refractivity contribution in [2.45, 2.75) is 26.4 Å². The van der Waals surface area contributed by atoms with Gasteiger partial charge >= 0.3 is 0 Å². The lowest BCUT2D eigenvalue weighted by Crippen LogP contribution is -2.29. The maximum absolute atomic E-state index is 4.96. The van der Waals surface area contributed by atoms with Crippen LogP contribution in [0.1, 0.15) is 20.8 Å². The SMILES string of the molecule is CCN=CC(C)(C)ON. The average Bonchev–Trinajstić information content (AvgIpc) is 1.84. The van der Waals surface area contributed by atoms with E-state index < -0.39 is 5.60 Å². The van der Waals surface area contributed by atoms with Gasteiger partial charge in [0.2, 0.25) is 0 Å². The fourth-order valence-corrected chi connectivity index (χ4v) is 0.342. The van der Waals surface area contributed by atoms with Crippen molar-refractivity contribution in [1.29, 1.82) is 0 Å². The van der Waals surface area contributed by atoms with E-state index in [9.17, 15) is 0 Å². The molecule has 0 fully saturated rings. The first-order valence-electron chi connectivity index (χ1n) is 3.01. The minimum atomic E-state index is -0.421. The molecule has 0 aliphatic heterocycles. The largest absolute Gasteiger partial charge is 0.295 e. The Morgan fingerprint density at radius 1 is 1.67 bits per heavy atom. The van der Waals surface area contributed by atoms with Crippen LogP contribution in [-0.4, -0.2) is 18.4 Å². The van der Waals surface area contributed by atoms with Gasteiger partial charge in [0.25, 0.3) is 0 Å². The van der Waals surface area contributed by atoms with E-state index in [-0.39, 0.29) is 0 Å². The highest BCUT2D eigenvalue weighted by atomic mass is 16.6. The molecule has 0 aliphatic rings. The van der Waals surface area contributed by atoms with E-state index in [4.69, 9.17) is 5.90 Å². The van der Waals surface area contributed by atoms with Crippen molar-refractivity contribution in [3.8, 4) is 0 Å². The van der Waals surface area contributed by atoms with Gasteiger partial charge in [-0.1, -0.05) is 0 Å². The van der Waals surface area contributed by atoms with Gasteiger partial charge in [0, 0.05) is 12.8 Å². The van der Waals surface area contributed by atoms with E-state index in [0.29, 0.717) is 0 Å². The second-order valence-corrected chi connectivity index (χ2v) is 2.35. The molecule has 0 aromatic rings. The van der Waals surface area contributed by atoms with Gasteiger partial charge < -0.3 is 0 Å². The maximum Gasteiger partial charge on any atom is 0.118 e. The van der Waals surface area contributed by atoms with Crippen molar-refractivity contribution in [1.82, 2.24) is 0 Å². The predicted octanol–water partition coefficient (Wildman–Crippen LogP) is 0.746. The minimum Gasteiger partial charge on any atom is -0.295 e. The molecule has 0 aliphatic carbocycles. The number of hydrogen-bond acceptors (Lipinski definition) is 3. The van der Waals surface area contributed by atoms with Gasteiger partial charge in [-0.3, -0.25) is 9.83 Å². The summed E-state index contributed by atoms with van der Waals surface area (Å²) in [6.07, 6.45) is 1.70. The first-order valence-corrected chi connectivity index (χ1v) is 3.01. The highest BCUT2D eigenvalue weighted by Gasteiger charge is 2.12. The Kier molecular flexibility index (Phi) is 3.42. The Labute approximate surface area is 55.9 Å². The third-order valence-electron chi connectivity index (χ3n) is 0.889. The van der Waals surface area contributed by atoms with Gasteiger partial charge in [0.05, 0.1) is 0 Å². The van der Waals surface area contributed by atoms with Crippen molar-refractivity contribution in [2.75, 3.05) is 6.54 Å². The Hall–Kier alpha value is -0.410. The van der Waals surface area contributed by atoms with Crippen LogP contribution in [0, 0.1) is 0 Å². The average molecular weight is 130 g/mol. The van der Waals surface area contributed by atoms with Crippen molar-refractivity contribution < 1.29 is 4.84 Å². The summed E-state index contributed by atoms with van der Waals surface area (Å²) >= 11 is 0. The summed E-state index contributed by atoms with van der Waals surface area (Å²) in [4.78, 5) is 8.57. The van der Waals surface area contributed by atoms with Crippen LogP contribution >= 0.6 is 0 Å². The van der Waals surface area contributed by atoms with Crippen LogP contribution in [0.5, 0.6) is 0 Å². The lowest BCUT2D eigenvalue weighted by molar-refractivity contribution is 0.0379. The molecule has 0 saturated carbocycles. The summed E-state index contributed by atoms with van der Waals surface area (Å²) in [5.74, 6) is 4.96. The van der Waals surface area contributed by atoms with Crippen molar-refractivity contribution in [2.24, 2.45) is 10.9 Å². The summed E-state index contributed by atoms with van der Waals surface area (Å²) in [5, 5.41) is 0. The molecule has 9 heavy (non-hydrogen) atoms. The van der Waals surface area contributed by atoms with E-state index in [1.165, 1.54) is 0 Å². The molecule has 0 aromatic carbocycles. The molecular weight excluding hydrogens is 116 g/mol. The second kappa shape index (κ2) is 3.58. The van der Waals surface area contributed by atoms with Gasteiger partial charge in [0.1, 0.15) is 5.60 Å². The molecule has 0 saturated heterocycles. The molecule has 0 bridgehead atoms. The summed E-state index contributed by atoms with van der Waals surface area (Å²) in [7, 11) is 0. The molecule has 54 valence electrons. The Morgan fingerprint density at radius 2 is 2.22 bits per heavy atom. The number of hydrogen-bond donors (Lipinski definition) is 1. The van der Waals surface area contributed by atoms with Crippen LogP contribution in [0.4, 0.5) is 0 Å². The number of nitrogens with zero attached hydrogens (tertiary/aromatic N) is 1. The fraction of sp³-hybridized carbons (Fsp3) is 0.833. The summed E-state index contributed by atoms with van der Waals surface area (Å²) in [6.45, 7) is 6.44. The minimum absolute atomic E-state index is 0.421. The van der Waals surface area contributed by atoms with Crippen LogP contribution in [0.25, 0.3) is 0 Å². The third kappa shape index (κ3) is 4.12. The number of nitrogens with two attached hydrogens (primary N) is 1. The van der Waals surface area contributed by atoms with Crippen molar-refractivity contribution in [3.63, 3.8) is 0 Å². The highest BCUT2D eigenvalue weighted by molar-refractivity contribution is 5.67. The monoisotopic (exact) mass is 130 g/mol. The molecule has 3 heteroatoms. The van der Waals surface area contributed by atoms with E-state index in [1.807, 2.05) is 20.8 Å². The molecule has 0 amide bonds. The molecular formula is C6H14N2O. The first-order chi connectivity index (χ1) is 4.12. The zero-order chi connectivity index (χ0) is 7.33. The number of aliphatic imine (C=N–C) groups is 1. The Balaban J connectivity index is 3.70. The normalized spacial score (nSPS) is 12.9. The molecule has 0 spiro atoms. The molecule has 0 aromatic heterocycles. The molecule has 2 N–H and O–H groups in total. The molecule has 0 unspecified atom stereocenters. The van der Waals surface area contributed by atoms with Crippen LogP contribution < -0.4 is 5.90 Å². The molecule has 0 rings (SSSR count). The predicted molar refractivity (Wildman–Crippen MR) is 38.4 cm³/mol. The topological polar surface area (TPSA) is 47.6 Å². The summed E-state index contributed by atoms with van der Waals surface area (Å²) < 4.78 is 0. The quantitative estimate of drug-likeness (QED) is 0.452. The van der Waals surface area contributed by atoms with Crippen LogP contribution in [-0.2, 0) is 4.84 Å². The van der Waals surface area contributed by atoms with Gasteiger partial charge in [-0.15, -0.1) is 0 Å².